The van der Waals surface area contributed by atoms with Crippen LogP contribution in [0.2, 0.25) is 0 Å². The van der Waals surface area contributed by atoms with Crippen molar-refractivity contribution in [1.29, 1.82) is 0 Å². The zero-order valence-electron chi connectivity index (χ0n) is 11.5. The van der Waals surface area contributed by atoms with Crippen LogP contribution in [0.3, 0.4) is 0 Å². The van der Waals surface area contributed by atoms with Gasteiger partial charge >= 0.3 is 0 Å². The van der Waals surface area contributed by atoms with Gasteiger partial charge in [0.1, 0.15) is 5.75 Å². The van der Waals surface area contributed by atoms with Crippen LogP contribution in [0.25, 0.3) is 0 Å². The first kappa shape index (κ1) is 15.4. The van der Waals surface area contributed by atoms with Gasteiger partial charge in [-0.1, -0.05) is 26.0 Å². The highest BCUT2D eigenvalue weighted by atomic mass is 32.2. The molecule has 1 aromatic carbocycles. The van der Waals surface area contributed by atoms with Gasteiger partial charge in [0.25, 0.3) is 6.43 Å². The summed E-state index contributed by atoms with van der Waals surface area (Å²) in [5.41, 5.74) is 6.94. The fourth-order valence-corrected chi connectivity index (χ4v) is 3.77. The molecule has 6 heteroatoms. The maximum Gasteiger partial charge on any atom is 0.252 e. The van der Waals surface area contributed by atoms with Crippen molar-refractivity contribution in [2.24, 2.45) is 11.1 Å². The van der Waals surface area contributed by atoms with Crippen LogP contribution in [0.1, 0.15) is 31.7 Å². The summed E-state index contributed by atoms with van der Waals surface area (Å²) >= 11 is 0. The van der Waals surface area contributed by atoms with Gasteiger partial charge in [-0.2, -0.15) is 0 Å². The number of benzene rings is 1. The van der Waals surface area contributed by atoms with Crippen LogP contribution in [0.4, 0.5) is 8.78 Å². The van der Waals surface area contributed by atoms with Crippen LogP contribution in [-0.2, 0) is 9.84 Å². The fourth-order valence-electron chi connectivity index (χ4n) is 2.69. The minimum Gasteiger partial charge on any atom is -0.327 e. The summed E-state index contributed by atoms with van der Waals surface area (Å²) in [5, 5.41) is 0. The van der Waals surface area contributed by atoms with Gasteiger partial charge in [0.15, 0.2) is 9.84 Å². The van der Waals surface area contributed by atoms with Crippen molar-refractivity contribution in [2.75, 3.05) is 5.75 Å². The Kier molecular flexibility index (Phi) is 3.90. The molecule has 2 rings (SSSR count). The Morgan fingerprint density at radius 2 is 1.85 bits per heavy atom. The average molecular weight is 303 g/mol. The van der Waals surface area contributed by atoms with Crippen LogP contribution < -0.4 is 5.73 Å². The molecule has 0 saturated heterocycles. The number of rotatable bonds is 4. The molecule has 0 radical (unpaired) electrons. The molecule has 1 fully saturated rings. The van der Waals surface area contributed by atoms with E-state index in [1.807, 2.05) is 0 Å². The molecule has 1 saturated carbocycles. The highest BCUT2D eigenvalue weighted by molar-refractivity contribution is 7.91. The number of hydrogen-bond acceptors (Lipinski definition) is 3. The standard InChI is InChI=1S/C14H19F2NO2S/c1-14(2)11(7-12(14)17)9-3-5-10(6-4-9)20(18,19)8-13(15)16/h3-6,11-13H,7-8,17H2,1-2H3. The van der Waals surface area contributed by atoms with Gasteiger partial charge in [-0.15, -0.1) is 0 Å². The van der Waals surface area contributed by atoms with Crippen molar-refractivity contribution >= 4 is 9.84 Å². The lowest BCUT2D eigenvalue weighted by molar-refractivity contribution is 0.0983. The molecule has 2 N–H and O–H groups in total. The Morgan fingerprint density at radius 1 is 1.30 bits per heavy atom. The van der Waals surface area contributed by atoms with E-state index in [2.05, 4.69) is 13.8 Å². The van der Waals surface area contributed by atoms with Crippen LogP contribution in [-0.4, -0.2) is 26.6 Å². The van der Waals surface area contributed by atoms with E-state index in [0.717, 1.165) is 12.0 Å². The molecule has 0 spiro atoms. The molecule has 0 aromatic heterocycles. The van der Waals surface area contributed by atoms with Gasteiger partial charge in [-0.05, 0) is 35.4 Å². The third-order valence-electron chi connectivity index (χ3n) is 4.33. The normalized spacial score (nSPS) is 25.5. The summed E-state index contributed by atoms with van der Waals surface area (Å²) in [7, 11) is -3.90. The molecule has 1 aliphatic rings. The second kappa shape index (κ2) is 5.07. The van der Waals surface area contributed by atoms with E-state index in [1.165, 1.54) is 12.1 Å². The Balaban J connectivity index is 2.20. The van der Waals surface area contributed by atoms with E-state index in [0.29, 0.717) is 0 Å². The third-order valence-corrected chi connectivity index (χ3v) is 6.01. The van der Waals surface area contributed by atoms with Crippen molar-refractivity contribution in [3.05, 3.63) is 29.8 Å². The zero-order chi connectivity index (χ0) is 15.1. The van der Waals surface area contributed by atoms with E-state index < -0.39 is 22.0 Å². The van der Waals surface area contributed by atoms with Crippen molar-refractivity contribution in [3.63, 3.8) is 0 Å². The molecule has 2 atom stereocenters. The monoisotopic (exact) mass is 303 g/mol. The Morgan fingerprint density at radius 3 is 2.25 bits per heavy atom. The van der Waals surface area contributed by atoms with E-state index in [1.54, 1.807) is 12.1 Å². The Labute approximate surface area is 118 Å². The van der Waals surface area contributed by atoms with Crippen molar-refractivity contribution in [2.45, 2.75) is 43.5 Å². The molecule has 1 aliphatic carbocycles. The largest absolute Gasteiger partial charge is 0.327 e. The van der Waals surface area contributed by atoms with Crippen molar-refractivity contribution in [3.8, 4) is 0 Å². The van der Waals surface area contributed by atoms with E-state index in [-0.39, 0.29) is 22.3 Å². The number of halogens is 2. The summed E-state index contributed by atoms with van der Waals surface area (Å²) < 4.78 is 47.9. The van der Waals surface area contributed by atoms with Gasteiger partial charge in [0, 0.05) is 6.04 Å². The zero-order valence-corrected chi connectivity index (χ0v) is 12.3. The molecule has 0 amide bonds. The maximum absolute atomic E-state index is 12.2. The molecule has 20 heavy (non-hydrogen) atoms. The second-order valence-electron chi connectivity index (χ2n) is 5.96. The van der Waals surface area contributed by atoms with Gasteiger partial charge in [0.2, 0.25) is 0 Å². The topological polar surface area (TPSA) is 60.2 Å². The molecule has 2 unspecified atom stereocenters. The SMILES string of the molecule is CC1(C)C(N)CC1c1ccc(S(=O)(=O)CC(F)F)cc1. The number of hydrogen-bond donors (Lipinski definition) is 1. The lowest BCUT2D eigenvalue weighted by Gasteiger charge is -2.50. The van der Waals surface area contributed by atoms with Gasteiger partial charge in [-0.25, -0.2) is 17.2 Å². The first-order valence-electron chi connectivity index (χ1n) is 6.51. The number of sulfone groups is 1. The first-order chi connectivity index (χ1) is 9.14. The van der Waals surface area contributed by atoms with Gasteiger partial charge in [-0.3, -0.25) is 0 Å². The summed E-state index contributed by atoms with van der Waals surface area (Å²) in [6.45, 7) is 4.15. The van der Waals surface area contributed by atoms with E-state index in [4.69, 9.17) is 5.73 Å². The predicted molar refractivity (Wildman–Crippen MR) is 73.6 cm³/mol. The van der Waals surface area contributed by atoms with Crippen LogP contribution in [0.15, 0.2) is 29.2 Å². The molecule has 0 aliphatic heterocycles. The fraction of sp³-hybridized carbons (Fsp3) is 0.571. The number of nitrogens with two attached hydrogens (primary N) is 1. The summed E-state index contributed by atoms with van der Waals surface area (Å²) in [4.78, 5) is -0.0528. The summed E-state index contributed by atoms with van der Waals surface area (Å²) in [6, 6.07) is 6.36. The quantitative estimate of drug-likeness (QED) is 0.930. The lowest BCUT2D eigenvalue weighted by atomic mass is 9.57. The molecule has 3 nitrogen and oxygen atoms in total. The predicted octanol–water partition coefficient (Wildman–Crippen LogP) is 2.57. The number of alkyl halides is 2. The highest BCUT2D eigenvalue weighted by Crippen LogP contribution is 2.51. The van der Waals surface area contributed by atoms with Crippen LogP contribution >= 0.6 is 0 Å². The van der Waals surface area contributed by atoms with Crippen LogP contribution in [0.5, 0.6) is 0 Å². The molecule has 0 bridgehead atoms. The summed E-state index contributed by atoms with van der Waals surface area (Å²) in [6.07, 6.45) is -2.00. The molecule has 1 aromatic rings. The van der Waals surface area contributed by atoms with E-state index in [9.17, 15) is 17.2 Å². The molecule has 112 valence electrons. The van der Waals surface area contributed by atoms with Gasteiger partial charge < -0.3 is 5.73 Å². The van der Waals surface area contributed by atoms with Crippen molar-refractivity contribution in [1.82, 2.24) is 0 Å². The van der Waals surface area contributed by atoms with Crippen LogP contribution in [0, 0.1) is 5.41 Å². The minimum absolute atomic E-state index is 0.0244. The Hall–Kier alpha value is -1.01. The Bertz CT molecular complexity index is 582. The van der Waals surface area contributed by atoms with Gasteiger partial charge in [0.05, 0.1) is 4.90 Å². The molecule has 0 heterocycles. The summed E-state index contributed by atoms with van der Waals surface area (Å²) in [5.74, 6) is -0.851. The minimum atomic E-state index is -3.90. The second-order valence-corrected chi connectivity index (χ2v) is 7.99. The molecular formula is C14H19F2NO2S. The third kappa shape index (κ3) is 2.72. The highest BCUT2D eigenvalue weighted by Gasteiger charge is 2.46. The first-order valence-corrected chi connectivity index (χ1v) is 8.16. The van der Waals surface area contributed by atoms with E-state index >= 15 is 0 Å². The smallest absolute Gasteiger partial charge is 0.252 e. The maximum atomic E-state index is 12.2. The van der Waals surface area contributed by atoms with Crippen molar-refractivity contribution < 1.29 is 17.2 Å². The molecular weight excluding hydrogens is 284 g/mol. The lowest BCUT2D eigenvalue weighted by Crippen LogP contribution is -2.52. The average Bonchev–Trinajstić information content (AvgIpc) is 2.34.